The maximum absolute atomic E-state index is 11.3. The Morgan fingerprint density at radius 1 is 1.55 bits per heavy atom. The lowest BCUT2D eigenvalue weighted by Gasteiger charge is -2.14. The summed E-state index contributed by atoms with van der Waals surface area (Å²) in [5.74, 6) is 0.321. The minimum atomic E-state index is -0.849. The quantitative estimate of drug-likeness (QED) is 0.883. The molecule has 1 aliphatic carbocycles. The van der Waals surface area contributed by atoms with E-state index in [1.165, 1.54) is 35.0 Å². The minimum absolute atomic E-state index is 0.507. The number of hydrogen-bond acceptors (Lipinski definition) is 6. The number of thiophene rings is 1. The number of hydrogen-bond donors (Lipinski definition) is 2. The van der Waals surface area contributed by atoms with Gasteiger partial charge in [-0.1, -0.05) is 0 Å². The summed E-state index contributed by atoms with van der Waals surface area (Å²) in [7, 11) is 0. The molecule has 2 N–H and O–H groups in total. The fourth-order valence-electron chi connectivity index (χ4n) is 2.54. The maximum Gasteiger partial charge on any atom is 0.327 e. The van der Waals surface area contributed by atoms with E-state index in [2.05, 4.69) is 15.3 Å². The molecule has 0 amide bonds. The number of thioether (sulfide) groups is 1. The van der Waals surface area contributed by atoms with E-state index in [-0.39, 0.29) is 0 Å². The van der Waals surface area contributed by atoms with Gasteiger partial charge in [0.25, 0.3) is 0 Å². The van der Waals surface area contributed by atoms with E-state index < -0.39 is 12.0 Å². The number of nitrogens with zero attached hydrogens (tertiary/aromatic N) is 2. The number of carboxylic acids is 1. The van der Waals surface area contributed by atoms with Gasteiger partial charge in [-0.2, -0.15) is 11.8 Å². The Labute approximate surface area is 124 Å². The zero-order valence-corrected chi connectivity index (χ0v) is 12.7. The molecule has 106 valence electrons. The second kappa shape index (κ2) is 5.57. The molecule has 2 heterocycles. The van der Waals surface area contributed by atoms with Gasteiger partial charge in [-0.15, -0.1) is 11.3 Å². The number of aromatic nitrogens is 2. The van der Waals surface area contributed by atoms with Crippen LogP contribution in [0.5, 0.6) is 0 Å². The predicted octanol–water partition coefficient (Wildman–Crippen LogP) is 2.41. The SMILES string of the molecule is CSC[C@H](Nc1ncnc2sc3c(c12)CCC3)C(=O)O. The summed E-state index contributed by atoms with van der Waals surface area (Å²) in [6.45, 7) is 0. The fraction of sp³-hybridized carbons (Fsp3) is 0.462. The number of carboxylic acid groups (broad SMARTS) is 1. The van der Waals surface area contributed by atoms with Crippen LogP contribution in [0.15, 0.2) is 6.33 Å². The molecular weight excluding hydrogens is 294 g/mol. The molecule has 20 heavy (non-hydrogen) atoms. The topological polar surface area (TPSA) is 75.1 Å². The van der Waals surface area contributed by atoms with Gasteiger partial charge in [-0.25, -0.2) is 14.8 Å². The van der Waals surface area contributed by atoms with Crippen LogP contribution in [-0.4, -0.2) is 39.1 Å². The highest BCUT2D eigenvalue weighted by Gasteiger charge is 2.24. The van der Waals surface area contributed by atoms with Crippen molar-refractivity contribution in [3.63, 3.8) is 0 Å². The first-order valence-corrected chi connectivity index (χ1v) is 8.65. The first kappa shape index (κ1) is 13.6. The molecule has 7 heteroatoms. The summed E-state index contributed by atoms with van der Waals surface area (Å²) < 4.78 is 0. The Bertz CT molecular complexity index is 656. The van der Waals surface area contributed by atoms with Crippen molar-refractivity contribution >= 4 is 45.1 Å². The van der Waals surface area contributed by atoms with Crippen molar-refractivity contribution in [2.45, 2.75) is 25.3 Å². The lowest BCUT2D eigenvalue weighted by molar-refractivity contribution is -0.137. The monoisotopic (exact) mass is 309 g/mol. The molecule has 0 spiro atoms. The molecule has 2 aromatic heterocycles. The fourth-order valence-corrected chi connectivity index (χ4v) is 4.33. The van der Waals surface area contributed by atoms with Crippen molar-refractivity contribution in [3.8, 4) is 0 Å². The molecule has 0 saturated carbocycles. The van der Waals surface area contributed by atoms with E-state index in [1.807, 2.05) is 6.26 Å². The van der Waals surface area contributed by atoms with Gasteiger partial charge in [-0.05, 0) is 31.1 Å². The third-order valence-electron chi connectivity index (χ3n) is 3.44. The van der Waals surface area contributed by atoms with E-state index in [0.29, 0.717) is 11.6 Å². The Morgan fingerprint density at radius 2 is 2.40 bits per heavy atom. The summed E-state index contributed by atoms with van der Waals surface area (Å²) in [6, 6.07) is -0.625. The van der Waals surface area contributed by atoms with Gasteiger partial charge in [0.2, 0.25) is 0 Å². The van der Waals surface area contributed by atoms with Gasteiger partial charge in [-0.3, -0.25) is 0 Å². The third-order valence-corrected chi connectivity index (χ3v) is 5.31. The molecule has 0 saturated heterocycles. The van der Waals surface area contributed by atoms with Gasteiger partial charge in [0.15, 0.2) is 0 Å². The number of aryl methyl sites for hydroxylation is 2. The van der Waals surface area contributed by atoms with Crippen molar-refractivity contribution in [2.24, 2.45) is 0 Å². The highest BCUT2D eigenvalue weighted by Crippen LogP contribution is 2.39. The van der Waals surface area contributed by atoms with Crippen molar-refractivity contribution in [2.75, 3.05) is 17.3 Å². The van der Waals surface area contributed by atoms with Gasteiger partial charge in [0.1, 0.15) is 23.0 Å². The van der Waals surface area contributed by atoms with Crippen LogP contribution in [0.2, 0.25) is 0 Å². The number of carbonyl (C=O) groups is 1. The Balaban J connectivity index is 2.00. The largest absolute Gasteiger partial charge is 0.480 e. The molecule has 0 aromatic carbocycles. The van der Waals surface area contributed by atoms with Crippen LogP contribution in [0.1, 0.15) is 16.9 Å². The van der Waals surface area contributed by atoms with E-state index in [0.717, 1.165) is 23.1 Å². The molecule has 1 atom stereocenters. The number of rotatable bonds is 5. The predicted molar refractivity (Wildman–Crippen MR) is 82.9 cm³/mol. The average Bonchev–Trinajstić information content (AvgIpc) is 2.98. The number of nitrogens with one attached hydrogen (secondary N) is 1. The van der Waals surface area contributed by atoms with Crippen LogP contribution in [-0.2, 0) is 17.6 Å². The van der Waals surface area contributed by atoms with E-state index in [4.69, 9.17) is 0 Å². The summed E-state index contributed by atoms with van der Waals surface area (Å²) in [5, 5.41) is 13.4. The van der Waals surface area contributed by atoms with E-state index in [9.17, 15) is 9.90 Å². The van der Waals surface area contributed by atoms with Gasteiger partial charge in [0, 0.05) is 10.6 Å². The van der Waals surface area contributed by atoms with Crippen LogP contribution in [0, 0.1) is 0 Å². The molecule has 0 radical (unpaired) electrons. The smallest absolute Gasteiger partial charge is 0.327 e. The molecule has 2 aromatic rings. The first-order valence-electron chi connectivity index (χ1n) is 6.44. The normalized spacial score (nSPS) is 15.2. The van der Waals surface area contributed by atoms with Crippen molar-refractivity contribution < 1.29 is 9.90 Å². The van der Waals surface area contributed by atoms with Crippen LogP contribution < -0.4 is 5.32 Å². The summed E-state index contributed by atoms with van der Waals surface area (Å²) >= 11 is 3.21. The maximum atomic E-state index is 11.3. The lowest BCUT2D eigenvalue weighted by atomic mass is 10.2. The molecule has 0 aliphatic heterocycles. The van der Waals surface area contributed by atoms with Crippen molar-refractivity contribution in [1.29, 1.82) is 0 Å². The number of aliphatic carboxylic acids is 1. The van der Waals surface area contributed by atoms with Crippen LogP contribution in [0.3, 0.4) is 0 Å². The van der Waals surface area contributed by atoms with Gasteiger partial charge in [0.05, 0.1) is 5.39 Å². The summed E-state index contributed by atoms with van der Waals surface area (Å²) in [5.41, 5.74) is 1.31. The average molecular weight is 309 g/mol. The Kier molecular flexibility index (Phi) is 3.80. The molecule has 1 aliphatic rings. The van der Waals surface area contributed by atoms with Crippen LogP contribution in [0.25, 0.3) is 10.2 Å². The number of fused-ring (bicyclic) bond motifs is 3. The van der Waals surface area contributed by atoms with Crippen LogP contribution >= 0.6 is 23.1 Å². The van der Waals surface area contributed by atoms with Crippen molar-refractivity contribution in [3.05, 3.63) is 16.8 Å². The van der Waals surface area contributed by atoms with Gasteiger partial charge >= 0.3 is 5.97 Å². The highest BCUT2D eigenvalue weighted by molar-refractivity contribution is 7.98. The molecule has 3 rings (SSSR count). The third kappa shape index (κ3) is 2.35. The standard InChI is InChI=1S/C13H15N3O2S2/c1-19-5-8(13(17)18)16-11-10-7-3-2-4-9(7)20-12(10)15-6-14-11/h6,8H,2-5H2,1H3,(H,17,18)(H,14,15,16)/t8-/m0/s1. The first-order chi connectivity index (χ1) is 9.70. The zero-order chi connectivity index (χ0) is 14.1. The van der Waals surface area contributed by atoms with Crippen LogP contribution in [0.4, 0.5) is 5.82 Å². The number of anilines is 1. The molecule has 0 bridgehead atoms. The second-order valence-corrected chi connectivity index (χ2v) is 6.74. The molecular formula is C13H15N3O2S2. The highest BCUT2D eigenvalue weighted by atomic mass is 32.2. The molecule has 0 fully saturated rings. The van der Waals surface area contributed by atoms with Gasteiger partial charge < -0.3 is 10.4 Å². The van der Waals surface area contributed by atoms with Crippen molar-refractivity contribution in [1.82, 2.24) is 9.97 Å². The zero-order valence-electron chi connectivity index (χ0n) is 11.0. The second-order valence-electron chi connectivity index (χ2n) is 4.75. The Morgan fingerprint density at radius 3 is 3.15 bits per heavy atom. The van der Waals surface area contributed by atoms with E-state index >= 15 is 0 Å². The summed E-state index contributed by atoms with van der Waals surface area (Å²) in [6.07, 6.45) is 6.71. The summed E-state index contributed by atoms with van der Waals surface area (Å²) in [4.78, 5) is 22.2. The molecule has 5 nitrogen and oxygen atoms in total. The minimum Gasteiger partial charge on any atom is -0.480 e. The lowest BCUT2D eigenvalue weighted by Crippen LogP contribution is -2.32. The molecule has 0 unspecified atom stereocenters. The van der Waals surface area contributed by atoms with E-state index in [1.54, 1.807) is 11.3 Å². The Hall–Kier alpha value is -1.34.